The van der Waals surface area contributed by atoms with Crippen LogP contribution in [-0.2, 0) is 4.74 Å². The lowest BCUT2D eigenvalue weighted by molar-refractivity contribution is 0.0992. The second-order valence-electron chi connectivity index (χ2n) is 4.97. The summed E-state index contributed by atoms with van der Waals surface area (Å²) in [5, 5.41) is 6.83. The molecule has 2 fully saturated rings. The van der Waals surface area contributed by atoms with Crippen LogP contribution in [0, 0.1) is 0 Å². The zero-order valence-corrected chi connectivity index (χ0v) is 11.0. The number of rotatable bonds is 5. The molecular formula is C13H25N3O. The molecule has 2 heterocycles. The van der Waals surface area contributed by atoms with Gasteiger partial charge in [0, 0.05) is 13.1 Å². The summed E-state index contributed by atoms with van der Waals surface area (Å²) < 4.78 is 5.84. The highest BCUT2D eigenvalue weighted by atomic mass is 16.5. The maximum Gasteiger partial charge on any atom is 0.191 e. The number of ether oxygens (including phenoxy) is 1. The molecule has 2 N–H and O–H groups in total. The summed E-state index contributed by atoms with van der Waals surface area (Å²) in [7, 11) is 0. The van der Waals surface area contributed by atoms with E-state index < -0.39 is 0 Å². The van der Waals surface area contributed by atoms with E-state index in [0.29, 0.717) is 18.2 Å². The normalized spacial score (nSPS) is 31.9. The van der Waals surface area contributed by atoms with Crippen LogP contribution in [0.25, 0.3) is 0 Å². The van der Waals surface area contributed by atoms with Crippen molar-refractivity contribution in [3.8, 4) is 0 Å². The van der Waals surface area contributed by atoms with E-state index in [4.69, 9.17) is 4.74 Å². The van der Waals surface area contributed by atoms with Crippen molar-refractivity contribution in [2.45, 2.75) is 64.2 Å². The van der Waals surface area contributed by atoms with E-state index in [1.54, 1.807) is 0 Å². The first-order valence-electron chi connectivity index (χ1n) is 7.03. The zero-order chi connectivity index (χ0) is 12.1. The van der Waals surface area contributed by atoms with E-state index in [9.17, 15) is 0 Å². The number of unbranched alkanes of at least 4 members (excludes halogenated alkanes) is 1. The predicted molar refractivity (Wildman–Crippen MR) is 70.3 cm³/mol. The van der Waals surface area contributed by atoms with Gasteiger partial charge in [-0.3, -0.25) is 4.99 Å². The first-order chi connectivity index (χ1) is 8.33. The highest BCUT2D eigenvalue weighted by Gasteiger charge is 2.40. The standard InChI is InChI=1S/C13H25N3O/c1-3-5-8-15-13(14-4-2)16-11-9-10-6-7-12(11)17-10/h10-12H,3-9H2,1-2H3,(H2,14,15,16). The zero-order valence-electron chi connectivity index (χ0n) is 11.0. The Hall–Kier alpha value is -0.770. The minimum absolute atomic E-state index is 0.412. The Kier molecular flexibility index (Phi) is 4.66. The molecule has 0 radical (unpaired) electrons. The van der Waals surface area contributed by atoms with Crippen molar-refractivity contribution in [2.75, 3.05) is 13.1 Å². The Bertz CT molecular complexity index is 267. The van der Waals surface area contributed by atoms with Crippen molar-refractivity contribution in [1.29, 1.82) is 0 Å². The molecule has 2 aliphatic rings. The summed E-state index contributed by atoms with van der Waals surface area (Å²) >= 11 is 0. The third-order valence-corrected chi connectivity index (χ3v) is 3.55. The minimum Gasteiger partial charge on any atom is -0.373 e. The summed E-state index contributed by atoms with van der Waals surface area (Å²) in [5.74, 6) is 0.960. The average Bonchev–Trinajstić information content (AvgIpc) is 2.91. The summed E-state index contributed by atoms with van der Waals surface area (Å²) in [4.78, 5) is 4.59. The molecule has 2 aliphatic heterocycles. The summed E-state index contributed by atoms with van der Waals surface area (Å²) in [6, 6.07) is 0.466. The predicted octanol–water partition coefficient (Wildman–Crippen LogP) is 1.66. The number of fused-ring (bicyclic) bond motifs is 2. The van der Waals surface area contributed by atoms with Gasteiger partial charge in [0.1, 0.15) is 0 Å². The molecule has 2 bridgehead atoms. The molecule has 98 valence electrons. The van der Waals surface area contributed by atoms with Crippen LogP contribution in [0.15, 0.2) is 4.99 Å². The van der Waals surface area contributed by atoms with Gasteiger partial charge in [0.25, 0.3) is 0 Å². The second-order valence-corrected chi connectivity index (χ2v) is 4.97. The van der Waals surface area contributed by atoms with Crippen molar-refractivity contribution in [2.24, 2.45) is 4.99 Å². The maximum atomic E-state index is 5.84. The van der Waals surface area contributed by atoms with E-state index in [-0.39, 0.29) is 0 Å². The van der Waals surface area contributed by atoms with Crippen LogP contribution in [-0.4, -0.2) is 37.3 Å². The van der Waals surface area contributed by atoms with Crippen LogP contribution in [0.3, 0.4) is 0 Å². The van der Waals surface area contributed by atoms with Gasteiger partial charge in [0.15, 0.2) is 5.96 Å². The molecule has 0 amide bonds. The number of guanidine groups is 1. The lowest BCUT2D eigenvalue weighted by Crippen LogP contribution is -2.47. The van der Waals surface area contributed by atoms with Gasteiger partial charge < -0.3 is 15.4 Å². The molecule has 2 saturated heterocycles. The molecule has 4 heteroatoms. The van der Waals surface area contributed by atoms with Gasteiger partial charge in [-0.15, -0.1) is 0 Å². The number of hydrogen-bond acceptors (Lipinski definition) is 2. The number of hydrogen-bond donors (Lipinski definition) is 2. The fraction of sp³-hybridized carbons (Fsp3) is 0.923. The van der Waals surface area contributed by atoms with E-state index in [1.807, 2.05) is 0 Å². The maximum absolute atomic E-state index is 5.84. The third kappa shape index (κ3) is 3.35. The van der Waals surface area contributed by atoms with E-state index >= 15 is 0 Å². The number of nitrogens with zero attached hydrogens (tertiary/aromatic N) is 1. The number of nitrogens with one attached hydrogen (secondary N) is 2. The Morgan fingerprint density at radius 2 is 2.24 bits per heavy atom. The van der Waals surface area contributed by atoms with Crippen molar-refractivity contribution in [1.82, 2.24) is 10.6 Å². The SMILES string of the molecule is CCCCN=C(NCC)NC1CC2CCC1O2. The van der Waals surface area contributed by atoms with Crippen molar-refractivity contribution >= 4 is 5.96 Å². The third-order valence-electron chi connectivity index (χ3n) is 3.55. The molecule has 3 atom stereocenters. The molecule has 2 rings (SSSR count). The lowest BCUT2D eigenvalue weighted by Gasteiger charge is -2.22. The van der Waals surface area contributed by atoms with Crippen LogP contribution in [0.4, 0.5) is 0 Å². The minimum atomic E-state index is 0.412. The Labute approximate surface area is 104 Å². The van der Waals surface area contributed by atoms with Gasteiger partial charge in [-0.2, -0.15) is 0 Å². The Balaban J connectivity index is 1.82. The van der Waals surface area contributed by atoms with Gasteiger partial charge >= 0.3 is 0 Å². The van der Waals surface area contributed by atoms with Gasteiger partial charge in [0.05, 0.1) is 18.2 Å². The Morgan fingerprint density at radius 3 is 2.82 bits per heavy atom. The van der Waals surface area contributed by atoms with Crippen molar-refractivity contribution < 1.29 is 4.74 Å². The molecule has 3 unspecified atom stereocenters. The van der Waals surface area contributed by atoms with E-state index in [0.717, 1.165) is 31.9 Å². The van der Waals surface area contributed by atoms with Crippen LogP contribution >= 0.6 is 0 Å². The molecular weight excluding hydrogens is 214 g/mol. The molecule has 0 aliphatic carbocycles. The molecule has 0 aromatic carbocycles. The lowest BCUT2D eigenvalue weighted by atomic mass is 9.96. The molecule has 0 saturated carbocycles. The van der Waals surface area contributed by atoms with Crippen molar-refractivity contribution in [3.05, 3.63) is 0 Å². The first kappa shape index (κ1) is 12.7. The van der Waals surface area contributed by atoms with Crippen LogP contribution in [0.1, 0.15) is 46.0 Å². The largest absolute Gasteiger partial charge is 0.373 e. The van der Waals surface area contributed by atoms with Gasteiger partial charge in [0.2, 0.25) is 0 Å². The Morgan fingerprint density at radius 1 is 1.35 bits per heavy atom. The van der Waals surface area contributed by atoms with Crippen LogP contribution < -0.4 is 10.6 Å². The second kappa shape index (κ2) is 6.24. The van der Waals surface area contributed by atoms with Gasteiger partial charge in [-0.1, -0.05) is 13.3 Å². The van der Waals surface area contributed by atoms with Gasteiger partial charge in [-0.25, -0.2) is 0 Å². The summed E-state index contributed by atoms with van der Waals surface area (Å²) in [5.41, 5.74) is 0. The molecule has 4 nitrogen and oxygen atoms in total. The van der Waals surface area contributed by atoms with Crippen LogP contribution in [0.5, 0.6) is 0 Å². The molecule has 0 aromatic heterocycles. The topological polar surface area (TPSA) is 45.7 Å². The van der Waals surface area contributed by atoms with Crippen molar-refractivity contribution in [3.63, 3.8) is 0 Å². The summed E-state index contributed by atoms with van der Waals surface area (Å²) in [6.45, 7) is 6.13. The van der Waals surface area contributed by atoms with Gasteiger partial charge in [-0.05, 0) is 32.6 Å². The van der Waals surface area contributed by atoms with E-state index in [1.165, 1.54) is 19.3 Å². The average molecular weight is 239 g/mol. The fourth-order valence-electron chi connectivity index (χ4n) is 2.63. The highest BCUT2D eigenvalue weighted by Crippen LogP contribution is 2.34. The molecule has 0 spiro atoms. The summed E-state index contributed by atoms with van der Waals surface area (Å²) in [6.07, 6.45) is 6.85. The first-order valence-corrected chi connectivity index (χ1v) is 7.03. The number of aliphatic imine (C=N–C) groups is 1. The molecule has 0 aromatic rings. The molecule has 17 heavy (non-hydrogen) atoms. The fourth-order valence-corrected chi connectivity index (χ4v) is 2.63. The highest BCUT2D eigenvalue weighted by molar-refractivity contribution is 5.80. The smallest absolute Gasteiger partial charge is 0.191 e. The van der Waals surface area contributed by atoms with Crippen LogP contribution in [0.2, 0.25) is 0 Å². The quantitative estimate of drug-likeness (QED) is 0.436. The van der Waals surface area contributed by atoms with E-state index in [2.05, 4.69) is 29.5 Å². The monoisotopic (exact) mass is 239 g/mol.